The Bertz CT molecular complexity index is 702. The van der Waals surface area contributed by atoms with E-state index in [9.17, 15) is 15.0 Å². The van der Waals surface area contributed by atoms with Crippen molar-refractivity contribution in [1.29, 1.82) is 0 Å². The Kier molecular flexibility index (Phi) is 4.28. The fourth-order valence-corrected chi connectivity index (χ4v) is 2.10. The lowest BCUT2D eigenvalue weighted by Crippen LogP contribution is -2.02. The average Bonchev–Trinajstić information content (AvgIpc) is 2.45. The molecule has 108 valence electrons. The van der Waals surface area contributed by atoms with Crippen LogP contribution < -0.4 is 4.74 Å². The molecule has 0 radical (unpaired) electrons. The Morgan fingerprint density at radius 3 is 2.52 bits per heavy atom. The number of hydrogen-bond donors (Lipinski definition) is 2. The molecule has 0 bridgehead atoms. The second-order valence-corrected chi connectivity index (χ2v) is 4.64. The van der Waals surface area contributed by atoms with Crippen molar-refractivity contribution in [2.24, 2.45) is 0 Å². The van der Waals surface area contributed by atoms with Crippen LogP contribution in [-0.4, -0.2) is 23.3 Å². The summed E-state index contributed by atoms with van der Waals surface area (Å²) in [4.78, 5) is 11.5. The van der Waals surface area contributed by atoms with Gasteiger partial charge in [-0.2, -0.15) is 0 Å². The second kappa shape index (κ2) is 6.13. The molecule has 4 heteroatoms. The van der Waals surface area contributed by atoms with Crippen molar-refractivity contribution in [1.82, 2.24) is 0 Å². The van der Waals surface area contributed by atoms with Crippen molar-refractivity contribution in [2.75, 3.05) is 7.11 Å². The van der Waals surface area contributed by atoms with E-state index in [0.717, 1.165) is 5.56 Å². The van der Waals surface area contributed by atoms with Crippen molar-refractivity contribution in [2.45, 2.75) is 6.92 Å². The van der Waals surface area contributed by atoms with Crippen LogP contribution >= 0.6 is 0 Å². The van der Waals surface area contributed by atoms with Crippen LogP contribution in [-0.2, 0) is 4.79 Å². The van der Waals surface area contributed by atoms with Crippen LogP contribution in [0, 0.1) is 6.92 Å². The SMILES string of the molecule is COc1ccc(/C(=C/c2cccc(O)c2)C(=O)O)c(C)c1. The summed E-state index contributed by atoms with van der Waals surface area (Å²) >= 11 is 0. The van der Waals surface area contributed by atoms with Gasteiger partial charge in [0.15, 0.2) is 0 Å². The average molecular weight is 284 g/mol. The highest BCUT2D eigenvalue weighted by molar-refractivity contribution is 6.21. The molecule has 0 heterocycles. The van der Waals surface area contributed by atoms with Crippen LogP contribution in [0.25, 0.3) is 11.6 Å². The smallest absolute Gasteiger partial charge is 0.336 e. The maximum absolute atomic E-state index is 11.5. The lowest BCUT2D eigenvalue weighted by Gasteiger charge is -2.09. The first-order chi connectivity index (χ1) is 10.0. The number of phenols is 1. The van der Waals surface area contributed by atoms with Gasteiger partial charge in [0, 0.05) is 0 Å². The number of carbonyl (C=O) groups is 1. The number of aryl methyl sites for hydroxylation is 1. The predicted molar refractivity (Wildman–Crippen MR) is 81.3 cm³/mol. The van der Waals surface area contributed by atoms with E-state index in [2.05, 4.69) is 0 Å². The number of benzene rings is 2. The molecular weight excluding hydrogens is 268 g/mol. The van der Waals surface area contributed by atoms with E-state index in [1.54, 1.807) is 37.4 Å². The summed E-state index contributed by atoms with van der Waals surface area (Å²) in [5, 5.41) is 18.9. The Hall–Kier alpha value is -2.75. The van der Waals surface area contributed by atoms with E-state index in [4.69, 9.17) is 4.74 Å². The van der Waals surface area contributed by atoms with Gasteiger partial charge in [0.25, 0.3) is 0 Å². The molecule has 0 saturated carbocycles. The molecule has 0 aliphatic carbocycles. The minimum atomic E-state index is -1.02. The minimum Gasteiger partial charge on any atom is -0.508 e. The quantitative estimate of drug-likeness (QED) is 0.667. The maximum Gasteiger partial charge on any atom is 0.336 e. The number of hydrogen-bond acceptors (Lipinski definition) is 3. The van der Waals surface area contributed by atoms with E-state index < -0.39 is 5.97 Å². The van der Waals surface area contributed by atoms with Crippen LogP contribution in [0.3, 0.4) is 0 Å². The molecular formula is C17H16O4. The number of methoxy groups -OCH3 is 1. The molecule has 0 unspecified atom stereocenters. The molecule has 0 fully saturated rings. The minimum absolute atomic E-state index is 0.0972. The third kappa shape index (κ3) is 3.42. The fraction of sp³-hybridized carbons (Fsp3) is 0.118. The van der Waals surface area contributed by atoms with Gasteiger partial charge < -0.3 is 14.9 Å². The molecule has 2 aromatic carbocycles. The number of aromatic hydroxyl groups is 1. The first-order valence-electron chi connectivity index (χ1n) is 6.40. The molecule has 0 aliphatic heterocycles. The molecule has 0 amide bonds. The van der Waals surface area contributed by atoms with Gasteiger partial charge >= 0.3 is 5.97 Å². The molecule has 0 aromatic heterocycles. The van der Waals surface area contributed by atoms with Gasteiger partial charge in [-0.15, -0.1) is 0 Å². The van der Waals surface area contributed by atoms with Gasteiger partial charge in [-0.05, 0) is 54.0 Å². The molecule has 0 saturated heterocycles. The number of aliphatic carboxylic acids is 1. The summed E-state index contributed by atoms with van der Waals surface area (Å²) in [6, 6.07) is 11.7. The van der Waals surface area contributed by atoms with E-state index in [1.807, 2.05) is 6.92 Å². The number of phenolic OH excluding ortho intramolecular Hbond substituents is 1. The Labute approximate surface area is 122 Å². The summed E-state index contributed by atoms with van der Waals surface area (Å²) in [6.45, 7) is 1.83. The Morgan fingerprint density at radius 2 is 1.95 bits per heavy atom. The highest BCUT2D eigenvalue weighted by Gasteiger charge is 2.13. The third-order valence-corrected chi connectivity index (χ3v) is 3.14. The van der Waals surface area contributed by atoms with Gasteiger partial charge in [-0.1, -0.05) is 18.2 Å². The van der Waals surface area contributed by atoms with E-state index >= 15 is 0 Å². The van der Waals surface area contributed by atoms with Crippen LogP contribution in [0.5, 0.6) is 11.5 Å². The molecule has 2 N–H and O–H groups in total. The van der Waals surface area contributed by atoms with Crippen LogP contribution in [0.4, 0.5) is 0 Å². The largest absolute Gasteiger partial charge is 0.508 e. The van der Waals surface area contributed by atoms with Crippen molar-refractivity contribution in [3.63, 3.8) is 0 Å². The van der Waals surface area contributed by atoms with E-state index in [-0.39, 0.29) is 11.3 Å². The van der Waals surface area contributed by atoms with Gasteiger partial charge in [0.2, 0.25) is 0 Å². The third-order valence-electron chi connectivity index (χ3n) is 3.14. The van der Waals surface area contributed by atoms with Crippen LogP contribution in [0.1, 0.15) is 16.7 Å². The van der Waals surface area contributed by atoms with E-state index in [1.165, 1.54) is 18.2 Å². The summed E-state index contributed by atoms with van der Waals surface area (Å²) < 4.78 is 5.12. The molecule has 0 spiro atoms. The van der Waals surface area contributed by atoms with Gasteiger partial charge in [0.05, 0.1) is 12.7 Å². The number of ether oxygens (including phenoxy) is 1. The Morgan fingerprint density at radius 1 is 1.19 bits per heavy atom. The first-order valence-corrected chi connectivity index (χ1v) is 6.40. The lowest BCUT2D eigenvalue weighted by molar-refractivity contribution is -0.130. The first kappa shape index (κ1) is 14.7. The molecule has 4 nitrogen and oxygen atoms in total. The zero-order chi connectivity index (χ0) is 15.4. The number of carboxylic acids is 1. The van der Waals surface area contributed by atoms with Crippen molar-refractivity contribution >= 4 is 17.6 Å². The highest BCUT2D eigenvalue weighted by Crippen LogP contribution is 2.26. The van der Waals surface area contributed by atoms with Gasteiger partial charge in [0.1, 0.15) is 11.5 Å². The van der Waals surface area contributed by atoms with Gasteiger partial charge in [-0.3, -0.25) is 0 Å². The lowest BCUT2D eigenvalue weighted by atomic mass is 9.98. The van der Waals surface area contributed by atoms with Crippen molar-refractivity contribution < 1.29 is 19.7 Å². The van der Waals surface area contributed by atoms with Crippen molar-refractivity contribution in [3.05, 3.63) is 59.2 Å². The standard InChI is InChI=1S/C17H16O4/c1-11-8-14(21-2)6-7-15(11)16(17(19)20)10-12-4-3-5-13(18)9-12/h3-10,18H,1-2H3,(H,19,20)/b16-10-. The van der Waals surface area contributed by atoms with Crippen molar-refractivity contribution in [3.8, 4) is 11.5 Å². The summed E-state index contributed by atoms with van der Waals surface area (Å²) in [7, 11) is 1.56. The fourth-order valence-electron chi connectivity index (χ4n) is 2.10. The summed E-state index contributed by atoms with van der Waals surface area (Å²) in [5.74, 6) is -0.245. The number of carboxylic acid groups (broad SMARTS) is 1. The highest BCUT2D eigenvalue weighted by atomic mass is 16.5. The molecule has 0 aliphatic rings. The molecule has 21 heavy (non-hydrogen) atoms. The van der Waals surface area contributed by atoms with Crippen LogP contribution in [0.2, 0.25) is 0 Å². The zero-order valence-corrected chi connectivity index (χ0v) is 11.8. The van der Waals surface area contributed by atoms with Crippen LogP contribution in [0.15, 0.2) is 42.5 Å². The number of rotatable bonds is 4. The molecule has 2 rings (SSSR count). The normalized spacial score (nSPS) is 11.2. The zero-order valence-electron chi connectivity index (χ0n) is 11.8. The second-order valence-electron chi connectivity index (χ2n) is 4.64. The molecule has 0 atom stereocenters. The monoisotopic (exact) mass is 284 g/mol. The molecule has 2 aromatic rings. The summed E-state index contributed by atoms with van der Waals surface area (Å²) in [5.41, 5.74) is 2.22. The maximum atomic E-state index is 11.5. The summed E-state index contributed by atoms with van der Waals surface area (Å²) in [6.07, 6.45) is 1.54. The topological polar surface area (TPSA) is 66.8 Å². The van der Waals surface area contributed by atoms with E-state index in [0.29, 0.717) is 16.9 Å². The Balaban J connectivity index is 2.51. The predicted octanol–water partition coefficient (Wildman–Crippen LogP) is 3.33. The van der Waals surface area contributed by atoms with Gasteiger partial charge in [-0.25, -0.2) is 4.79 Å².